The lowest BCUT2D eigenvalue weighted by atomic mass is 9.99. The number of hydrogen-bond acceptors (Lipinski definition) is 6. The Hall–Kier alpha value is -4.14. The van der Waals surface area contributed by atoms with Crippen LogP contribution < -0.4 is 19.7 Å². The maximum atomic E-state index is 15.2. The fourth-order valence-electron chi connectivity index (χ4n) is 4.74. The molecule has 2 amide bonds. The molecule has 1 atom stereocenters. The summed E-state index contributed by atoms with van der Waals surface area (Å²) in [7, 11) is 0. The second-order valence-corrected chi connectivity index (χ2v) is 8.85. The molecule has 0 spiro atoms. The number of Topliss-reactive ketones (excluding diaryl/α,β-unsaturated/α-hetero) is 1. The second kappa shape index (κ2) is 9.85. The Morgan fingerprint density at radius 2 is 1.75 bits per heavy atom. The van der Waals surface area contributed by atoms with Crippen LogP contribution in [-0.2, 0) is 4.79 Å². The number of ketones is 1. The minimum Gasteiger partial charge on any atom is -0.459 e. The number of carbonyl (C=O) groups is 3. The molecular weight excluding hydrogens is 467 g/mol. The van der Waals surface area contributed by atoms with E-state index in [0.29, 0.717) is 11.5 Å². The first-order valence-corrected chi connectivity index (χ1v) is 11.8. The van der Waals surface area contributed by atoms with Crippen molar-refractivity contribution in [1.29, 1.82) is 0 Å². The Labute approximate surface area is 207 Å². The maximum Gasteiger partial charge on any atom is 0.294 e. The van der Waals surface area contributed by atoms with Crippen LogP contribution in [0.5, 0.6) is 11.5 Å². The second-order valence-electron chi connectivity index (χ2n) is 8.85. The maximum absolute atomic E-state index is 15.2. The normalized spacial score (nSPS) is 15.5. The van der Waals surface area contributed by atoms with Crippen molar-refractivity contribution in [3.63, 3.8) is 0 Å². The number of nitrogens with one attached hydrogen (secondary N) is 1. The lowest BCUT2D eigenvalue weighted by Crippen LogP contribution is -2.47. The van der Waals surface area contributed by atoms with Gasteiger partial charge in [0.2, 0.25) is 12.7 Å². The molecule has 2 aliphatic rings. The smallest absolute Gasteiger partial charge is 0.294 e. The highest BCUT2D eigenvalue weighted by Crippen LogP contribution is 2.42. The first-order chi connectivity index (χ1) is 17.4. The topological polar surface area (TPSA) is 98.1 Å². The molecule has 2 heterocycles. The molecule has 8 nitrogen and oxygen atoms in total. The lowest BCUT2D eigenvalue weighted by molar-refractivity contribution is -0.123. The molecule has 1 fully saturated rings. The molecule has 0 unspecified atom stereocenters. The highest BCUT2D eigenvalue weighted by Gasteiger charge is 2.39. The zero-order chi connectivity index (χ0) is 25.2. The molecule has 2 aromatic carbocycles. The van der Waals surface area contributed by atoms with Gasteiger partial charge in [0.15, 0.2) is 23.0 Å². The number of carbonyl (C=O) groups excluding carboxylic acids is 3. The van der Waals surface area contributed by atoms with Gasteiger partial charge in [-0.25, -0.2) is 4.39 Å². The van der Waals surface area contributed by atoms with E-state index in [0.717, 1.165) is 30.6 Å². The van der Waals surface area contributed by atoms with Crippen LogP contribution >= 0.6 is 0 Å². The Bertz CT molecular complexity index is 1300. The molecule has 0 bridgehead atoms. The molecule has 5 rings (SSSR count). The van der Waals surface area contributed by atoms with E-state index < -0.39 is 23.7 Å². The van der Waals surface area contributed by atoms with Crippen molar-refractivity contribution in [2.75, 3.05) is 11.7 Å². The summed E-state index contributed by atoms with van der Waals surface area (Å²) in [4.78, 5) is 41.5. The molecule has 1 aliphatic heterocycles. The SMILES string of the molecule is CC(=O)c1cc2c(cc1N(C(=O)c1ccco1)[C@@H](C(=O)NC1CCCC1)c1ccccc1F)OCO2. The Morgan fingerprint density at radius 1 is 1.03 bits per heavy atom. The van der Waals surface area contributed by atoms with E-state index in [-0.39, 0.29) is 41.2 Å². The van der Waals surface area contributed by atoms with Crippen molar-refractivity contribution in [2.45, 2.75) is 44.7 Å². The zero-order valence-corrected chi connectivity index (χ0v) is 19.7. The van der Waals surface area contributed by atoms with E-state index in [4.69, 9.17) is 13.9 Å². The number of benzene rings is 2. The van der Waals surface area contributed by atoms with Crippen LogP contribution in [0.4, 0.5) is 10.1 Å². The summed E-state index contributed by atoms with van der Waals surface area (Å²) >= 11 is 0. The number of rotatable bonds is 7. The number of anilines is 1. The number of fused-ring (bicyclic) bond motifs is 1. The fourth-order valence-corrected chi connectivity index (χ4v) is 4.74. The van der Waals surface area contributed by atoms with E-state index in [9.17, 15) is 14.4 Å². The van der Waals surface area contributed by atoms with E-state index in [1.165, 1.54) is 55.7 Å². The van der Waals surface area contributed by atoms with Gasteiger partial charge < -0.3 is 19.2 Å². The highest BCUT2D eigenvalue weighted by molar-refractivity contribution is 6.13. The lowest BCUT2D eigenvalue weighted by Gasteiger charge is -2.33. The summed E-state index contributed by atoms with van der Waals surface area (Å²) in [5, 5.41) is 2.99. The number of halogens is 1. The van der Waals surface area contributed by atoms with Crippen LogP contribution in [0.15, 0.2) is 59.2 Å². The van der Waals surface area contributed by atoms with Crippen molar-refractivity contribution in [1.82, 2.24) is 5.32 Å². The van der Waals surface area contributed by atoms with Crippen molar-refractivity contribution < 1.29 is 32.7 Å². The number of hydrogen-bond donors (Lipinski definition) is 1. The van der Waals surface area contributed by atoms with Gasteiger partial charge in [-0.3, -0.25) is 19.3 Å². The predicted molar refractivity (Wildman–Crippen MR) is 128 cm³/mol. The molecule has 1 N–H and O–H groups in total. The Morgan fingerprint density at radius 3 is 2.42 bits per heavy atom. The van der Waals surface area contributed by atoms with Gasteiger partial charge in [0.25, 0.3) is 5.91 Å². The van der Waals surface area contributed by atoms with Gasteiger partial charge in [-0.15, -0.1) is 0 Å². The molecule has 1 saturated carbocycles. The first-order valence-electron chi connectivity index (χ1n) is 11.8. The molecule has 9 heteroatoms. The van der Waals surface area contributed by atoms with Gasteiger partial charge >= 0.3 is 0 Å². The largest absolute Gasteiger partial charge is 0.459 e. The van der Waals surface area contributed by atoms with Crippen molar-refractivity contribution in [2.24, 2.45) is 0 Å². The van der Waals surface area contributed by atoms with Crippen molar-refractivity contribution in [3.05, 3.63) is 77.5 Å². The van der Waals surface area contributed by atoms with Crippen LogP contribution in [0.1, 0.15) is 65.1 Å². The highest BCUT2D eigenvalue weighted by atomic mass is 19.1. The van der Waals surface area contributed by atoms with Crippen LogP contribution in [0.2, 0.25) is 0 Å². The summed E-state index contributed by atoms with van der Waals surface area (Å²) in [6.45, 7) is 1.29. The summed E-state index contributed by atoms with van der Waals surface area (Å²) < 4.78 is 31.5. The average molecular weight is 493 g/mol. The molecular formula is C27H25FN2O6. The van der Waals surface area contributed by atoms with E-state index in [2.05, 4.69) is 5.32 Å². The Kier molecular flexibility index (Phi) is 6.45. The third-order valence-corrected chi connectivity index (χ3v) is 6.49. The molecule has 186 valence electrons. The van der Waals surface area contributed by atoms with Crippen LogP contribution in [0, 0.1) is 5.82 Å². The fraction of sp³-hybridized carbons (Fsp3) is 0.296. The summed E-state index contributed by atoms with van der Waals surface area (Å²) in [6.07, 6.45) is 4.87. The molecule has 1 aliphatic carbocycles. The van der Waals surface area contributed by atoms with Crippen LogP contribution in [-0.4, -0.2) is 30.4 Å². The number of nitrogens with zero attached hydrogens (tertiary/aromatic N) is 1. The number of ether oxygens (including phenoxy) is 2. The Balaban J connectivity index is 1.71. The van der Waals surface area contributed by atoms with Crippen LogP contribution in [0.3, 0.4) is 0 Å². The van der Waals surface area contributed by atoms with E-state index in [1.807, 2.05) is 0 Å². The standard InChI is InChI=1S/C27H25FN2O6/c1-16(31)19-13-23-24(36-15-35-23)14-21(19)30(27(33)22-11-6-12-34-22)25(18-9-4-5-10-20(18)28)26(32)29-17-7-2-3-8-17/h4-6,9-14,17,25H,2-3,7-8,15H2,1H3,(H,29,32)/t25-/m1/s1. The zero-order valence-electron chi connectivity index (χ0n) is 19.7. The minimum absolute atomic E-state index is 0.0138. The van der Waals surface area contributed by atoms with Gasteiger partial charge in [-0.2, -0.15) is 0 Å². The molecule has 3 aromatic rings. The van der Waals surface area contributed by atoms with E-state index in [1.54, 1.807) is 6.07 Å². The van der Waals surface area contributed by atoms with Gasteiger partial charge in [-0.1, -0.05) is 31.0 Å². The van der Waals surface area contributed by atoms with Gasteiger partial charge in [0.1, 0.15) is 11.9 Å². The van der Waals surface area contributed by atoms with Crippen molar-refractivity contribution >= 4 is 23.3 Å². The third-order valence-electron chi connectivity index (χ3n) is 6.49. The average Bonchev–Trinajstić information content (AvgIpc) is 3.65. The summed E-state index contributed by atoms with van der Waals surface area (Å²) in [5.74, 6) is -1.73. The number of amides is 2. The van der Waals surface area contributed by atoms with Crippen molar-refractivity contribution in [3.8, 4) is 11.5 Å². The summed E-state index contributed by atoms with van der Waals surface area (Å²) in [6, 6.07) is 10.2. The predicted octanol–water partition coefficient (Wildman–Crippen LogP) is 4.80. The molecule has 0 saturated heterocycles. The van der Waals surface area contributed by atoms with E-state index >= 15 is 4.39 Å². The molecule has 36 heavy (non-hydrogen) atoms. The van der Waals surface area contributed by atoms with Gasteiger partial charge in [-0.05, 0) is 44.0 Å². The quantitative estimate of drug-likeness (QED) is 0.476. The summed E-state index contributed by atoms with van der Waals surface area (Å²) in [5.41, 5.74) is 0.192. The van der Waals surface area contributed by atoms with Gasteiger partial charge in [0, 0.05) is 23.2 Å². The monoisotopic (exact) mass is 492 g/mol. The third kappa shape index (κ3) is 4.44. The van der Waals surface area contributed by atoms with Crippen LogP contribution in [0.25, 0.3) is 0 Å². The number of furan rings is 1. The van der Waals surface area contributed by atoms with Gasteiger partial charge in [0.05, 0.1) is 12.0 Å². The molecule has 0 radical (unpaired) electrons. The first kappa shape index (κ1) is 23.6. The molecule has 1 aromatic heterocycles. The minimum atomic E-state index is -1.43.